The summed E-state index contributed by atoms with van der Waals surface area (Å²) in [5, 5.41) is 15.5. The molecule has 1 atom stereocenters. The predicted octanol–water partition coefficient (Wildman–Crippen LogP) is 3.37. The molecule has 1 N–H and O–H groups in total. The van der Waals surface area contributed by atoms with E-state index in [0.717, 1.165) is 16.1 Å². The van der Waals surface area contributed by atoms with Crippen molar-refractivity contribution >= 4 is 72.0 Å². The van der Waals surface area contributed by atoms with E-state index in [1.165, 1.54) is 10.5 Å². The zero-order valence-electron chi connectivity index (χ0n) is 15.7. The van der Waals surface area contributed by atoms with Crippen LogP contribution in [0.25, 0.3) is 0 Å². The second kappa shape index (κ2) is 11.8. The molecule has 0 fully saturated rings. The van der Waals surface area contributed by atoms with Gasteiger partial charge in [-0.15, -0.1) is 0 Å². The Hall–Kier alpha value is 0.0681. The number of rotatable bonds is 5. The quantitative estimate of drug-likeness (QED) is 0.401. The number of aromatic hydroxyl groups is 1. The molecule has 8 heteroatoms. The molecule has 0 spiro atoms. The van der Waals surface area contributed by atoms with Crippen LogP contribution in [0, 0.1) is 0 Å². The number of phenols is 1. The summed E-state index contributed by atoms with van der Waals surface area (Å²) in [7, 11) is 11.2. The van der Waals surface area contributed by atoms with Crippen LogP contribution in [0.1, 0.15) is 5.56 Å². The third kappa shape index (κ3) is 7.24. The van der Waals surface area contributed by atoms with E-state index >= 15 is 0 Å². The van der Waals surface area contributed by atoms with Crippen LogP contribution in [0.3, 0.4) is 0 Å². The van der Waals surface area contributed by atoms with Crippen LogP contribution in [0.2, 0.25) is 26.2 Å². The average Bonchev–Trinajstić information content (AvgIpc) is 2.58. The summed E-state index contributed by atoms with van der Waals surface area (Å²) in [6.07, 6.45) is 1.89. The van der Waals surface area contributed by atoms with Crippen LogP contribution in [0.4, 0.5) is 0 Å². The van der Waals surface area contributed by atoms with Crippen LogP contribution in [-0.4, -0.2) is 36.0 Å². The fraction of sp³-hybridized carbons (Fsp3) is 0.278. The third-order valence-corrected chi connectivity index (χ3v) is 8.06. The van der Waals surface area contributed by atoms with E-state index in [1.54, 1.807) is 7.05 Å². The maximum absolute atomic E-state index is 10.7. The van der Waals surface area contributed by atoms with Gasteiger partial charge in [0.15, 0.2) is 0 Å². The van der Waals surface area contributed by atoms with E-state index in [-0.39, 0.29) is 0 Å². The van der Waals surface area contributed by atoms with Gasteiger partial charge in [-0.3, -0.25) is 4.99 Å². The van der Waals surface area contributed by atoms with Crippen molar-refractivity contribution in [3.63, 3.8) is 0 Å². The van der Waals surface area contributed by atoms with Crippen molar-refractivity contribution < 1.29 is 22.1 Å². The van der Waals surface area contributed by atoms with Crippen LogP contribution in [0.15, 0.2) is 41.4 Å². The molecule has 0 heterocycles. The van der Waals surface area contributed by atoms with Gasteiger partial charge in [0, 0.05) is 18.6 Å². The summed E-state index contributed by atoms with van der Waals surface area (Å²) < 4.78 is 0. The van der Waals surface area contributed by atoms with Crippen molar-refractivity contribution in [3.05, 3.63) is 42.0 Å². The fourth-order valence-electron chi connectivity index (χ4n) is 2.36. The van der Waals surface area contributed by atoms with E-state index in [9.17, 15) is 5.11 Å². The van der Waals surface area contributed by atoms with Crippen molar-refractivity contribution in [2.45, 2.75) is 26.2 Å². The predicted molar refractivity (Wildman–Crippen MR) is 122 cm³/mol. The standard InChI is InChI=1S/C18H24NOPSi2.2ClH.Ti/c1-19-12-13-8-6-7-9-15(13)21-16-10-14(23(3,4)5)11-17(22-2)18(16)20;;;/h6-12,20-21H,1-5H3;2*1H;/q;;;+2/p-2. The molecule has 2 rings (SSSR count). The molecule has 138 valence electrons. The summed E-state index contributed by atoms with van der Waals surface area (Å²) >= 11 is -0.556. The topological polar surface area (TPSA) is 32.6 Å². The summed E-state index contributed by atoms with van der Waals surface area (Å²) in [5.74, 6) is 0.481. The Balaban J connectivity index is 0.00000105. The van der Waals surface area contributed by atoms with Gasteiger partial charge in [0.25, 0.3) is 0 Å². The average molecular weight is 476 g/mol. The fourth-order valence-corrected chi connectivity index (χ4v) is 5.84. The van der Waals surface area contributed by atoms with Crippen molar-refractivity contribution in [1.82, 2.24) is 0 Å². The normalized spacial score (nSPS) is 11.7. The van der Waals surface area contributed by atoms with Crippen LogP contribution >= 0.6 is 27.2 Å². The van der Waals surface area contributed by atoms with Gasteiger partial charge in [-0.2, -0.15) is 0 Å². The first-order valence-electron chi connectivity index (χ1n) is 8.08. The summed E-state index contributed by atoms with van der Waals surface area (Å²) in [6.45, 7) is 9.19. The molecule has 2 radical (unpaired) electrons. The first kappa shape index (κ1) is 24.1. The summed E-state index contributed by atoms with van der Waals surface area (Å²) in [5.41, 5.74) is 1.13. The zero-order valence-corrected chi connectivity index (χ0v) is 21.8. The van der Waals surface area contributed by atoms with Gasteiger partial charge in [-0.05, 0) is 16.1 Å². The Morgan fingerprint density at radius 3 is 2.31 bits per heavy atom. The Morgan fingerprint density at radius 1 is 1.15 bits per heavy atom. The molecule has 2 aromatic carbocycles. The van der Waals surface area contributed by atoms with Crippen LogP contribution in [-0.2, 0) is 17.0 Å². The SMILES string of the molecule is CN=Cc1ccccc1Pc1cc([Si](C)(C)C)cc([Si]C)c1O.[Cl][Ti][Cl]. The molecule has 0 saturated heterocycles. The minimum atomic E-state index is -1.41. The van der Waals surface area contributed by atoms with Crippen molar-refractivity contribution in [1.29, 1.82) is 0 Å². The van der Waals surface area contributed by atoms with Crippen LogP contribution < -0.4 is 21.0 Å². The number of hydrogen-bond acceptors (Lipinski definition) is 2. The summed E-state index contributed by atoms with van der Waals surface area (Å²) in [4.78, 5) is 4.15. The van der Waals surface area contributed by atoms with E-state index < -0.39 is 25.1 Å². The Kier molecular flexibility index (Phi) is 10.9. The first-order valence-corrected chi connectivity index (χ1v) is 18.4. The first-order chi connectivity index (χ1) is 12.3. The van der Waals surface area contributed by atoms with Gasteiger partial charge in [-0.25, -0.2) is 0 Å². The van der Waals surface area contributed by atoms with Gasteiger partial charge in [0.1, 0.15) is 5.75 Å². The van der Waals surface area contributed by atoms with Gasteiger partial charge >= 0.3 is 35.6 Å². The molecule has 0 bridgehead atoms. The molecular weight excluding hydrogens is 452 g/mol. The molecular formula is C18H24Cl2NOPSi2Ti. The number of hydrogen-bond donors (Lipinski definition) is 1. The second-order valence-electron chi connectivity index (χ2n) is 6.59. The van der Waals surface area contributed by atoms with E-state index in [0.29, 0.717) is 23.8 Å². The molecule has 0 aliphatic heterocycles. The molecule has 0 saturated carbocycles. The molecule has 0 aliphatic rings. The number of nitrogens with zero attached hydrogens (tertiary/aromatic N) is 1. The summed E-state index contributed by atoms with van der Waals surface area (Å²) in [6, 6.07) is 12.7. The van der Waals surface area contributed by atoms with Gasteiger partial charge < -0.3 is 5.11 Å². The monoisotopic (exact) mass is 475 g/mol. The Morgan fingerprint density at radius 2 is 1.77 bits per heavy atom. The third-order valence-electron chi connectivity index (χ3n) is 3.74. The van der Waals surface area contributed by atoms with E-state index in [1.807, 2.05) is 12.3 Å². The van der Waals surface area contributed by atoms with E-state index in [2.05, 4.69) is 61.5 Å². The second-order valence-corrected chi connectivity index (χ2v) is 16.6. The maximum atomic E-state index is 10.7. The number of halogens is 2. The number of phenolic OH excluding ortho intramolecular Hbond substituents is 1. The van der Waals surface area contributed by atoms with Gasteiger partial charge in [-0.1, -0.05) is 76.4 Å². The molecule has 0 aromatic heterocycles. The number of aliphatic imine (C=N–C) groups is 1. The molecule has 1 unspecified atom stereocenters. The Bertz CT molecular complexity index is 754. The van der Waals surface area contributed by atoms with Gasteiger partial charge in [0.2, 0.25) is 0 Å². The van der Waals surface area contributed by atoms with Crippen LogP contribution in [0.5, 0.6) is 5.75 Å². The van der Waals surface area contributed by atoms with Crippen molar-refractivity contribution in [3.8, 4) is 5.75 Å². The van der Waals surface area contributed by atoms with Crippen molar-refractivity contribution in [2.75, 3.05) is 7.05 Å². The molecule has 0 amide bonds. The molecule has 26 heavy (non-hydrogen) atoms. The van der Waals surface area contributed by atoms with Gasteiger partial charge in [0.05, 0.1) is 17.6 Å². The van der Waals surface area contributed by atoms with E-state index in [4.69, 9.17) is 18.6 Å². The zero-order chi connectivity index (χ0) is 19.7. The number of benzene rings is 2. The minimum absolute atomic E-state index is 0.445. The molecule has 2 aromatic rings. The van der Waals surface area contributed by atoms with Crippen molar-refractivity contribution in [2.24, 2.45) is 4.99 Å². The Labute approximate surface area is 179 Å². The molecule has 2 nitrogen and oxygen atoms in total. The molecule has 0 aliphatic carbocycles.